The molecule has 0 aromatic heterocycles. The lowest BCUT2D eigenvalue weighted by Gasteiger charge is -2.07. The van der Waals surface area contributed by atoms with Crippen LogP contribution in [0.2, 0.25) is 0 Å². The van der Waals surface area contributed by atoms with Crippen LogP contribution >= 0.6 is 0 Å². The van der Waals surface area contributed by atoms with Gasteiger partial charge in [0.05, 0.1) is 19.2 Å². The van der Waals surface area contributed by atoms with Gasteiger partial charge in [0.2, 0.25) is 5.91 Å². The van der Waals surface area contributed by atoms with E-state index >= 15 is 0 Å². The average Bonchev–Trinajstić information content (AvgIpc) is 2.55. The highest BCUT2D eigenvalue weighted by Gasteiger charge is 2.06. The number of carbonyl (C=O) groups is 1. The van der Waals surface area contributed by atoms with Crippen LogP contribution in [0, 0.1) is 0 Å². The highest BCUT2D eigenvalue weighted by Crippen LogP contribution is 2.14. The van der Waals surface area contributed by atoms with Gasteiger partial charge in [-0.15, -0.1) is 0 Å². The maximum atomic E-state index is 12.0. The van der Waals surface area contributed by atoms with Gasteiger partial charge in [-0.1, -0.05) is 29.4 Å². The van der Waals surface area contributed by atoms with Gasteiger partial charge in [0.1, 0.15) is 5.75 Å². The van der Waals surface area contributed by atoms with Crippen LogP contribution in [0.15, 0.2) is 53.7 Å². The van der Waals surface area contributed by atoms with Crippen molar-refractivity contribution in [3.63, 3.8) is 0 Å². The van der Waals surface area contributed by atoms with E-state index in [9.17, 15) is 4.79 Å². The van der Waals surface area contributed by atoms with Gasteiger partial charge in [-0.2, -0.15) is 0 Å². The van der Waals surface area contributed by atoms with E-state index in [4.69, 9.17) is 9.94 Å². The molecule has 0 aliphatic rings. The van der Waals surface area contributed by atoms with Crippen LogP contribution in [0.3, 0.4) is 0 Å². The molecule has 22 heavy (non-hydrogen) atoms. The van der Waals surface area contributed by atoms with E-state index in [1.54, 1.807) is 38.3 Å². The number of nitrogens with zero attached hydrogens (tertiary/aromatic N) is 1. The first-order valence-electron chi connectivity index (χ1n) is 6.84. The lowest BCUT2D eigenvalue weighted by molar-refractivity contribution is -0.115. The van der Waals surface area contributed by atoms with E-state index in [2.05, 4.69) is 10.5 Å². The quantitative estimate of drug-likeness (QED) is 0.506. The van der Waals surface area contributed by atoms with E-state index in [1.807, 2.05) is 24.3 Å². The normalized spacial score (nSPS) is 11.1. The monoisotopic (exact) mass is 298 g/mol. The van der Waals surface area contributed by atoms with E-state index in [1.165, 1.54) is 0 Å². The minimum absolute atomic E-state index is 0.103. The number of amides is 1. The Kier molecular flexibility index (Phi) is 5.14. The molecule has 0 saturated heterocycles. The fourth-order valence-electron chi connectivity index (χ4n) is 2.03. The highest BCUT2D eigenvalue weighted by molar-refractivity contribution is 5.99. The van der Waals surface area contributed by atoms with Crippen molar-refractivity contribution >= 4 is 17.3 Å². The number of benzene rings is 2. The molecular formula is C17H18N2O3. The Morgan fingerprint density at radius 3 is 2.59 bits per heavy atom. The highest BCUT2D eigenvalue weighted by atomic mass is 16.5. The number of hydrogen-bond donors (Lipinski definition) is 2. The van der Waals surface area contributed by atoms with Crippen LogP contribution in [0.4, 0.5) is 5.69 Å². The fraction of sp³-hybridized carbons (Fsp3) is 0.176. The van der Waals surface area contributed by atoms with Gasteiger partial charge in [-0.05, 0) is 42.3 Å². The van der Waals surface area contributed by atoms with Gasteiger partial charge in [0.15, 0.2) is 0 Å². The summed E-state index contributed by atoms with van der Waals surface area (Å²) in [6.45, 7) is 1.70. The lowest BCUT2D eigenvalue weighted by atomic mass is 10.1. The second kappa shape index (κ2) is 7.26. The number of ether oxygens (including phenoxy) is 1. The van der Waals surface area contributed by atoms with Gasteiger partial charge in [-0.3, -0.25) is 4.79 Å². The molecule has 0 fully saturated rings. The van der Waals surface area contributed by atoms with Crippen molar-refractivity contribution < 1.29 is 14.7 Å². The van der Waals surface area contributed by atoms with Crippen molar-refractivity contribution in [2.24, 2.45) is 5.16 Å². The molecule has 2 N–H and O–H groups in total. The van der Waals surface area contributed by atoms with E-state index in [0.717, 1.165) is 16.9 Å². The smallest absolute Gasteiger partial charge is 0.228 e. The van der Waals surface area contributed by atoms with E-state index in [-0.39, 0.29) is 12.3 Å². The summed E-state index contributed by atoms with van der Waals surface area (Å²) in [5.41, 5.74) is 2.90. The van der Waals surface area contributed by atoms with Crippen molar-refractivity contribution in [1.29, 1.82) is 0 Å². The van der Waals surface area contributed by atoms with Gasteiger partial charge in [0, 0.05) is 5.69 Å². The average molecular weight is 298 g/mol. The third-order valence-electron chi connectivity index (χ3n) is 3.24. The van der Waals surface area contributed by atoms with Crippen LogP contribution in [-0.2, 0) is 11.2 Å². The first kappa shape index (κ1) is 15.6. The van der Waals surface area contributed by atoms with Gasteiger partial charge in [0.25, 0.3) is 0 Å². The zero-order valence-electron chi connectivity index (χ0n) is 12.5. The molecule has 1 amide bonds. The zero-order chi connectivity index (χ0) is 15.9. The van der Waals surface area contributed by atoms with Crippen LogP contribution in [0.1, 0.15) is 18.1 Å². The summed E-state index contributed by atoms with van der Waals surface area (Å²) in [4.78, 5) is 12.0. The Hall–Kier alpha value is -2.82. The standard InChI is InChI=1S/C17H18N2O3/c1-12(19-21)14-6-8-15(9-7-14)18-17(20)11-13-4-3-5-16(10-13)22-2/h3-10,21H,11H2,1-2H3,(H,18,20)/b19-12+. The van der Waals surface area contributed by atoms with Crippen LogP contribution < -0.4 is 10.1 Å². The maximum absolute atomic E-state index is 12.0. The van der Waals surface area contributed by atoms with Crippen LogP contribution in [0.5, 0.6) is 5.75 Å². The number of methoxy groups -OCH3 is 1. The molecule has 0 heterocycles. The van der Waals surface area contributed by atoms with Crippen molar-refractivity contribution in [3.8, 4) is 5.75 Å². The fourth-order valence-corrected chi connectivity index (χ4v) is 2.03. The number of anilines is 1. The second-order valence-electron chi connectivity index (χ2n) is 4.84. The minimum atomic E-state index is -0.103. The van der Waals surface area contributed by atoms with Crippen molar-refractivity contribution in [2.45, 2.75) is 13.3 Å². The minimum Gasteiger partial charge on any atom is -0.497 e. The first-order valence-corrected chi connectivity index (χ1v) is 6.84. The number of carbonyl (C=O) groups excluding carboxylic acids is 1. The van der Waals surface area contributed by atoms with Crippen molar-refractivity contribution in [1.82, 2.24) is 0 Å². The molecular weight excluding hydrogens is 280 g/mol. The van der Waals surface area contributed by atoms with Crippen molar-refractivity contribution in [3.05, 3.63) is 59.7 Å². The summed E-state index contributed by atoms with van der Waals surface area (Å²) in [6.07, 6.45) is 0.274. The zero-order valence-corrected chi connectivity index (χ0v) is 12.5. The van der Waals surface area contributed by atoms with Crippen LogP contribution in [0.25, 0.3) is 0 Å². The molecule has 2 aromatic carbocycles. The molecule has 114 valence electrons. The molecule has 0 aliphatic carbocycles. The number of rotatable bonds is 5. The van der Waals surface area contributed by atoms with Crippen LogP contribution in [-0.4, -0.2) is 23.9 Å². The number of hydrogen-bond acceptors (Lipinski definition) is 4. The molecule has 2 rings (SSSR count). The lowest BCUT2D eigenvalue weighted by Crippen LogP contribution is -2.14. The third-order valence-corrected chi connectivity index (χ3v) is 3.24. The predicted molar refractivity (Wildman–Crippen MR) is 85.8 cm³/mol. The molecule has 0 unspecified atom stereocenters. The molecule has 0 spiro atoms. The Bertz CT molecular complexity index is 679. The summed E-state index contributed by atoms with van der Waals surface area (Å²) in [7, 11) is 1.60. The van der Waals surface area contributed by atoms with Gasteiger partial charge in [-0.25, -0.2) is 0 Å². The summed E-state index contributed by atoms with van der Waals surface area (Å²) < 4.78 is 5.14. The summed E-state index contributed by atoms with van der Waals surface area (Å²) in [5.74, 6) is 0.627. The first-order chi connectivity index (χ1) is 10.6. The number of oxime groups is 1. The largest absolute Gasteiger partial charge is 0.497 e. The Morgan fingerprint density at radius 2 is 1.95 bits per heavy atom. The maximum Gasteiger partial charge on any atom is 0.228 e. The molecule has 0 aliphatic heterocycles. The predicted octanol–water partition coefficient (Wildman–Crippen LogP) is 3.07. The summed E-state index contributed by atoms with van der Waals surface area (Å²) >= 11 is 0. The molecule has 2 aromatic rings. The Labute approximate surface area is 129 Å². The van der Waals surface area contributed by atoms with Gasteiger partial charge >= 0.3 is 0 Å². The van der Waals surface area contributed by atoms with E-state index in [0.29, 0.717) is 11.4 Å². The molecule has 0 atom stereocenters. The van der Waals surface area contributed by atoms with Gasteiger partial charge < -0.3 is 15.3 Å². The molecule has 0 bridgehead atoms. The van der Waals surface area contributed by atoms with E-state index < -0.39 is 0 Å². The van der Waals surface area contributed by atoms with Crippen molar-refractivity contribution in [2.75, 3.05) is 12.4 Å². The SMILES string of the molecule is COc1cccc(CC(=O)Nc2ccc(/C(C)=N/O)cc2)c1. The molecule has 5 nitrogen and oxygen atoms in total. The molecule has 5 heteroatoms. The summed E-state index contributed by atoms with van der Waals surface area (Å²) in [5, 5.41) is 14.7. The third kappa shape index (κ3) is 4.09. The Morgan fingerprint density at radius 1 is 1.23 bits per heavy atom. The molecule has 0 radical (unpaired) electrons. The number of nitrogens with one attached hydrogen (secondary N) is 1. The summed E-state index contributed by atoms with van der Waals surface area (Å²) in [6, 6.07) is 14.5. The topological polar surface area (TPSA) is 70.9 Å². The second-order valence-corrected chi connectivity index (χ2v) is 4.84. The molecule has 0 saturated carbocycles. The Balaban J connectivity index is 1.99.